The molecule has 2 aromatic rings. The van der Waals surface area contributed by atoms with Crippen molar-refractivity contribution < 1.29 is 0 Å². The molecule has 0 aliphatic rings. The van der Waals surface area contributed by atoms with Gasteiger partial charge < -0.3 is 10.3 Å². The van der Waals surface area contributed by atoms with E-state index < -0.39 is 0 Å². The first-order valence-electron chi connectivity index (χ1n) is 6.00. The molecule has 17 heavy (non-hydrogen) atoms. The lowest BCUT2D eigenvalue weighted by Crippen LogP contribution is -2.27. The quantitative estimate of drug-likeness (QED) is 0.825. The summed E-state index contributed by atoms with van der Waals surface area (Å²) in [6, 6.07) is 11.0. The second-order valence-electron chi connectivity index (χ2n) is 4.25. The number of nitrogens with zero attached hydrogens (tertiary/aromatic N) is 1. The first kappa shape index (κ1) is 11.7. The average molecular weight is 227 g/mol. The molecule has 2 rings (SSSR count). The van der Waals surface area contributed by atoms with Crippen molar-refractivity contribution in [2.75, 3.05) is 0 Å². The van der Waals surface area contributed by atoms with E-state index in [0.717, 1.165) is 18.5 Å². The number of benzene rings is 1. The van der Waals surface area contributed by atoms with Crippen LogP contribution in [0.5, 0.6) is 0 Å². The van der Waals surface area contributed by atoms with Crippen molar-refractivity contribution in [1.29, 1.82) is 5.26 Å². The Labute approximate surface area is 101 Å². The number of H-pyrrole nitrogens is 1. The SMILES string of the molecule is CCC(CC#N)NCc1ccc2cc[nH]c2c1. The van der Waals surface area contributed by atoms with Crippen molar-refractivity contribution in [2.45, 2.75) is 32.4 Å². The zero-order valence-corrected chi connectivity index (χ0v) is 10.0. The summed E-state index contributed by atoms with van der Waals surface area (Å²) in [5.41, 5.74) is 2.41. The van der Waals surface area contributed by atoms with Gasteiger partial charge in [-0.15, -0.1) is 0 Å². The molecule has 1 aromatic carbocycles. The number of aromatic nitrogens is 1. The van der Waals surface area contributed by atoms with Crippen molar-refractivity contribution in [3.05, 3.63) is 36.0 Å². The van der Waals surface area contributed by atoms with Crippen molar-refractivity contribution in [3.8, 4) is 6.07 Å². The van der Waals surface area contributed by atoms with Gasteiger partial charge in [0.1, 0.15) is 0 Å². The fourth-order valence-corrected chi connectivity index (χ4v) is 1.94. The molecule has 3 heteroatoms. The van der Waals surface area contributed by atoms with Gasteiger partial charge >= 0.3 is 0 Å². The minimum atomic E-state index is 0.291. The molecule has 1 heterocycles. The zero-order valence-electron chi connectivity index (χ0n) is 10.0. The number of rotatable bonds is 5. The highest BCUT2D eigenvalue weighted by Gasteiger charge is 2.04. The van der Waals surface area contributed by atoms with Crippen LogP contribution in [-0.4, -0.2) is 11.0 Å². The van der Waals surface area contributed by atoms with E-state index >= 15 is 0 Å². The van der Waals surface area contributed by atoms with Crippen LogP contribution in [0.2, 0.25) is 0 Å². The summed E-state index contributed by atoms with van der Waals surface area (Å²) in [6.07, 6.45) is 3.51. The Balaban J connectivity index is 2.00. The lowest BCUT2D eigenvalue weighted by Gasteiger charge is -2.13. The Morgan fingerprint density at radius 3 is 3.06 bits per heavy atom. The van der Waals surface area contributed by atoms with Crippen molar-refractivity contribution in [3.63, 3.8) is 0 Å². The molecule has 0 saturated carbocycles. The van der Waals surface area contributed by atoms with E-state index in [0.29, 0.717) is 12.5 Å². The highest BCUT2D eigenvalue weighted by atomic mass is 14.9. The fourth-order valence-electron chi connectivity index (χ4n) is 1.94. The van der Waals surface area contributed by atoms with Crippen LogP contribution in [0.15, 0.2) is 30.5 Å². The second kappa shape index (κ2) is 5.51. The maximum absolute atomic E-state index is 8.68. The van der Waals surface area contributed by atoms with E-state index in [4.69, 9.17) is 5.26 Å². The smallest absolute Gasteiger partial charge is 0.0638 e. The number of fused-ring (bicyclic) bond motifs is 1. The molecule has 1 atom stereocenters. The van der Waals surface area contributed by atoms with E-state index in [-0.39, 0.29) is 0 Å². The standard InChI is InChI=1S/C14H17N3/c1-2-13(5-7-15)17-10-11-3-4-12-6-8-16-14(12)9-11/h3-4,6,8-9,13,16-17H,2,5,10H2,1H3. The first-order valence-corrected chi connectivity index (χ1v) is 6.00. The van der Waals surface area contributed by atoms with E-state index in [9.17, 15) is 0 Å². The normalized spacial score (nSPS) is 12.5. The Hall–Kier alpha value is -1.79. The Kier molecular flexibility index (Phi) is 3.79. The molecule has 1 unspecified atom stereocenters. The maximum atomic E-state index is 8.68. The highest BCUT2D eigenvalue weighted by Crippen LogP contribution is 2.14. The van der Waals surface area contributed by atoms with Gasteiger partial charge in [-0.1, -0.05) is 19.1 Å². The molecular formula is C14H17N3. The molecular weight excluding hydrogens is 210 g/mol. The number of hydrogen-bond donors (Lipinski definition) is 2. The minimum absolute atomic E-state index is 0.291. The lowest BCUT2D eigenvalue weighted by molar-refractivity contribution is 0.505. The van der Waals surface area contributed by atoms with Crippen molar-refractivity contribution >= 4 is 10.9 Å². The molecule has 88 valence electrons. The summed E-state index contributed by atoms with van der Waals surface area (Å²) in [5.74, 6) is 0. The van der Waals surface area contributed by atoms with Crippen LogP contribution >= 0.6 is 0 Å². The highest BCUT2D eigenvalue weighted by molar-refractivity contribution is 5.79. The number of aromatic amines is 1. The van der Waals surface area contributed by atoms with Crippen LogP contribution in [0.1, 0.15) is 25.3 Å². The molecule has 0 saturated heterocycles. The summed E-state index contributed by atoms with van der Waals surface area (Å²) >= 11 is 0. The first-order chi connectivity index (χ1) is 8.33. The molecule has 0 amide bonds. The predicted octanol–water partition coefficient (Wildman–Crippen LogP) is 2.95. The monoisotopic (exact) mass is 227 g/mol. The van der Waals surface area contributed by atoms with Gasteiger partial charge in [0.2, 0.25) is 0 Å². The maximum Gasteiger partial charge on any atom is 0.0638 e. The van der Waals surface area contributed by atoms with Crippen LogP contribution in [0.4, 0.5) is 0 Å². The number of nitrogens with one attached hydrogen (secondary N) is 2. The summed E-state index contributed by atoms with van der Waals surface area (Å²) in [6.45, 7) is 2.92. The molecule has 0 bridgehead atoms. The van der Waals surface area contributed by atoms with E-state index in [1.165, 1.54) is 10.9 Å². The average Bonchev–Trinajstić information content (AvgIpc) is 2.81. The van der Waals surface area contributed by atoms with Gasteiger partial charge in [0.15, 0.2) is 0 Å². The zero-order chi connectivity index (χ0) is 12.1. The van der Waals surface area contributed by atoms with Gasteiger partial charge in [-0.3, -0.25) is 0 Å². The molecule has 3 nitrogen and oxygen atoms in total. The van der Waals surface area contributed by atoms with Gasteiger partial charge in [0.05, 0.1) is 12.5 Å². The minimum Gasteiger partial charge on any atom is -0.361 e. The third-order valence-corrected chi connectivity index (χ3v) is 3.04. The van der Waals surface area contributed by atoms with Crippen molar-refractivity contribution in [2.24, 2.45) is 0 Å². The molecule has 0 spiro atoms. The molecule has 2 N–H and O–H groups in total. The third-order valence-electron chi connectivity index (χ3n) is 3.04. The van der Waals surface area contributed by atoms with Gasteiger partial charge in [-0.05, 0) is 29.5 Å². The van der Waals surface area contributed by atoms with Gasteiger partial charge in [-0.25, -0.2) is 0 Å². The predicted molar refractivity (Wildman–Crippen MR) is 69.4 cm³/mol. The van der Waals surface area contributed by atoms with E-state index in [2.05, 4.69) is 47.6 Å². The molecule has 0 aliphatic heterocycles. The number of nitriles is 1. The summed E-state index contributed by atoms with van der Waals surface area (Å²) in [4.78, 5) is 3.21. The molecule has 0 aliphatic carbocycles. The summed E-state index contributed by atoms with van der Waals surface area (Å²) < 4.78 is 0. The summed E-state index contributed by atoms with van der Waals surface area (Å²) in [5, 5.41) is 13.3. The van der Waals surface area contributed by atoms with Crippen LogP contribution < -0.4 is 5.32 Å². The third kappa shape index (κ3) is 2.86. The van der Waals surface area contributed by atoms with Crippen molar-refractivity contribution in [1.82, 2.24) is 10.3 Å². The Morgan fingerprint density at radius 1 is 1.41 bits per heavy atom. The van der Waals surface area contributed by atoms with E-state index in [1.807, 2.05) is 6.20 Å². The van der Waals surface area contributed by atoms with Crippen LogP contribution in [0.3, 0.4) is 0 Å². The van der Waals surface area contributed by atoms with Gasteiger partial charge in [-0.2, -0.15) is 5.26 Å². The topological polar surface area (TPSA) is 51.6 Å². The van der Waals surface area contributed by atoms with Crippen LogP contribution in [-0.2, 0) is 6.54 Å². The van der Waals surface area contributed by atoms with Crippen LogP contribution in [0.25, 0.3) is 10.9 Å². The summed E-state index contributed by atoms with van der Waals surface area (Å²) in [7, 11) is 0. The Bertz CT molecular complexity index is 521. The van der Waals surface area contributed by atoms with Gasteiger partial charge in [0, 0.05) is 24.3 Å². The Morgan fingerprint density at radius 2 is 2.29 bits per heavy atom. The number of hydrogen-bond acceptors (Lipinski definition) is 2. The lowest BCUT2D eigenvalue weighted by atomic mass is 10.1. The second-order valence-corrected chi connectivity index (χ2v) is 4.25. The molecule has 0 fully saturated rings. The largest absolute Gasteiger partial charge is 0.361 e. The molecule has 1 aromatic heterocycles. The van der Waals surface area contributed by atoms with Crippen LogP contribution in [0, 0.1) is 11.3 Å². The van der Waals surface area contributed by atoms with E-state index in [1.54, 1.807) is 0 Å². The fraction of sp³-hybridized carbons (Fsp3) is 0.357. The van der Waals surface area contributed by atoms with Gasteiger partial charge in [0.25, 0.3) is 0 Å². The molecule has 0 radical (unpaired) electrons.